The number of hydrogen-bond acceptors (Lipinski definition) is 3. The molecule has 0 saturated carbocycles. The van der Waals surface area contributed by atoms with E-state index < -0.39 is 17.5 Å². The number of ether oxygens (including phenoxy) is 2. The molecule has 0 spiro atoms. The van der Waals surface area contributed by atoms with Crippen molar-refractivity contribution in [1.82, 2.24) is 4.90 Å². The lowest BCUT2D eigenvalue weighted by Crippen LogP contribution is -2.44. The molecule has 0 bridgehead atoms. The maximum atomic E-state index is 13.7. The number of benzene rings is 1. The number of amides is 1. The van der Waals surface area contributed by atoms with Crippen molar-refractivity contribution in [2.45, 2.75) is 19.1 Å². The number of piperidine rings is 1. The summed E-state index contributed by atoms with van der Waals surface area (Å²) in [4.78, 5) is 13.9. The lowest BCUT2D eigenvalue weighted by Gasteiger charge is -2.34. The zero-order valence-corrected chi connectivity index (χ0v) is 11.6. The summed E-state index contributed by atoms with van der Waals surface area (Å²) in [7, 11) is 0. The summed E-state index contributed by atoms with van der Waals surface area (Å²) in [6.07, 6.45) is 1.41. The lowest BCUT2D eigenvalue weighted by molar-refractivity contribution is -0.0969. The largest absolute Gasteiger partial charge is 0.350 e. The molecule has 0 radical (unpaired) electrons. The van der Waals surface area contributed by atoms with Gasteiger partial charge in [0.05, 0.1) is 18.8 Å². The van der Waals surface area contributed by atoms with Crippen molar-refractivity contribution < 1.29 is 23.0 Å². The molecule has 1 unspecified atom stereocenters. The van der Waals surface area contributed by atoms with Gasteiger partial charge in [-0.3, -0.25) is 4.79 Å². The molecular weight excluding hydrogens is 280 g/mol. The first-order chi connectivity index (χ1) is 10.1. The molecule has 2 aliphatic heterocycles. The van der Waals surface area contributed by atoms with Gasteiger partial charge in [-0.2, -0.15) is 0 Å². The topological polar surface area (TPSA) is 38.8 Å². The summed E-state index contributed by atoms with van der Waals surface area (Å²) in [6, 6.07) is 2.93. The maximum absolute atomic E-state index is 13.7. The van der Waals surface area contributed by atoms with Crippen LogP contribution in [0, 0.1) is 17.6 Å². The van der Waals surface area contributed by atoms with Gasteiger partial charge in [-0.1, -0.05) is 0 Å². The predicted molar refractivity (Wildman–Crippen MR) is 70.7 cm³/mol. The molecule has 2 heterocycles. The van der Waals surface area contributed by atoms with Crippen LogP contribution in [-0.2, 0) is 9.47 Å². The number of hydrogen-bond donors (Lipinski definition) is 0. The highest BCUT2D eigenvalue weighted by Crippen LogP contribution is 2.26. The Morgan fingerprint density at radius 2 is 2.00 bits per heavy atom. The molecule has 2 aliphatic rings. The van der Waals surface area contributed by atoms with Crippen LogP contribution < -0.4 is 0 Å². The predicted octanol–water partition coefficient (Wildman–Crippen LogP) is 2.19. The van der Waals surface area contributed by atoms with E-state index in [9.17, 15) is 13.6 Å². The molecule has 1 aromatic rings. The zero-order chi connectivity index (χ0) is 14.8. The van der Waals surface area contributed by atoms with E-state index in [4.69, 9.17) is 9.47 Å². The number of carbonyl (C=O) groups excluding carboxylic acids is 1. The van der Waals surface area contributed by atoms with E-state index in [2.05, 4.69) is 0 Å². The van der Waals surface area contributed by atoms with E-state index in [1.54, 1.807) is 4.90 Å². The molecule has 1 amide bonds. The fourth-order valence-electron chi connectivity index (χ4n) is 2.90. The van der Waals surface area contributed by atoms with E-state index in [-0.39, 0.29) is 17.8 Å². The van der Waals surface area contributed by atoms with Crippen LogP contribution >= 0.6 is 0 Å². The van der Waals surface area contributed by atoms with Crippen molar-refractivity contribution in [2.24, 2.45) is 5.92 Å². The summed E-state index contributed by atoms with van der Waals surface area (Å²) < 4.78 is 37.9. The maximum Gasteiger partial charge on any atom is 0.256 e. The third-order valence-electron chi connectivity index (χ3n) is 3.94. The first-order valence-electron chi connectivity index (χ1n) is 7.12. The number of halogens is 2. The van der Waals surface area contributed by atoms with E-state index >= 15 is 0 Å². The minimum Gasteiger partial charge on any atom is -0.350 e. The van der Waals surface area contributed by atoms with E-state index in [0.29, 0.717) is 26.3 Å². The van der Waals surface area contributed by atoms with Crippen molar-refractivity contribution in [1.29, 1.82) is 0 Å². The number of rotatable bonds is 2. The third kappa shape index (κ3) is 3.06. The van der Waals surface area contributed by atoms with Crippen LogP contribution in [0.5, 0.6) is 0 Å². The fourth-order valence-corrected chi connectivity index (χ4v) is 2.90. The van der Waals surface area contributed by atoms with Crippen LogP contribution in [-0.4, -0.2) is 43.4 Å². The number of nitrogens with zero attached hydrogens (tertiary/aromatic N) is 1. The van der Waals surface area contributed by atoms with Gasteiger partial charge in [-0.25, -0.2) is 8.78 Å². The van der Waals surface area contributed by atoms with Gasteiger partial charge < -0.3 is 14.4 Å². The third-order valence-corrected chi connectivity index (χ3v) is 3.94. The van der Waals surface area contributed by atoms with Crippen LogP contribution in [0.3, 0.4) is 0 Å². The highest BCUT2D eigenvalue weighted by atomic mass is 19.1. The monoisotopic (exact) mass is 297 g/mol. The van der Waals surface area contributed by atoms with Gasteiger partial charge >= 0.3 is 0 Å². The van der Waals surface area contributed by atoms with E-state index in [1.165, 1.54) is 0 Å². The molecule has 2 saturated heterocycles. The Balaban J connectivity index is 1.73. The number of likely N-dealkylation sites (tertiary alicyclic amines) is 1. The zero-order valence-electron chi connectivity index (χ0n) is 11.6. The highest BCUT2D eigenvalue weighted by Gasteiger charge is 2.33. The first kappa shape index (κ1) is 14.4. The average Bonchev–Trinajstić information content (AvgIpc) is 3.03. The molecule has 0 aromatic heterocycles. The molecule has 0 N–H and O–H groups in total. The Morgan fingerprint density at radius 1 is 1.24 bits per heavy atom. The molecule has 4 nitrogen and oxygen atoms in total. The summed E-state index contributed by atoms with van der Waals surface area (Å²) in [5, 5.41) is 0. The number of carbonyl (C=O) groups is 1. The molecule has 2 fully saturated rings. The van der Waals surface area contributed by atoms with Crippen molar-refractivity contribution in [3.05, 3.63) is 35.4 Å². The first-order valence-corrected chi connectivity index (χ1v) is 7.12. The normalized spacial score (nSPS) is 23.5. The minimum absolute atomic E-state index is 0.0850. The highest BCUT2D eigenvalue weighted by molar-refractivity contribution is 5.94. The molecule has 1 aromatic carbocycles. The Labute approximate surface area is 121 Å². The molecule has 21 heavy (non-hydrogen) atoms. The van der Waals surface area contributed by atoms with Gasteiger partial charge in [0.25, 0.3) is 5.91 Å². The van der Waals surface area contributed by atoms with Crippen molar-refractivity contribution in [3.63, 3.8) is 0 Å². The molecular formula is C15H17F2NO3. The van der Waals surface area contributed by atoms with Crippen molar-refractivity contribution >= 4 is 5.91 Å². The molecule has 0 aliphatic carbocycles. The minimum atomic E-state index is -0.697. The van der Waals surface area contributed by atoms with Gasteiger partial charge in [0.1, 0.15) is 11.6 Å². The van der Waals surface area contributed by atoms with Gasteiger partial charge in [0, 0.05) is 19.0 Å². The summed E-state index contributed by atoms with van der Waals surface area (Å²) in [5.74, 6) is -1.70. The smallest absolute Gasteiger partial charge is 0.256 e. The summed E-state index contributed by atoms with van der Waals surface area (Å²) >= 11 is 0. The average molecular weight is 297 g/mol. The van der Waals surface area contributed by atoms with Gasteiger partial charge in [0.2, 0.25) is 0 Å². The molecule has 114 valence electrons. The van der Waals surface area contributed by atoms with Crippen LogP contribution in [0.2, 0.25) is 0 Å². The SMILES string of the molecule is O=C(c1cc(F)ccc1F)N1CCCC(C2OCCO2)C1. The Bertz CT molecular complexity index is 532. The van der Waals surface area contributed by atoms with Gasteiger partial charge in [-0.05, 0) is 31.0 Å². The lowest BCUT2D eigenvalue weighted by atomic mass is 9.96. The van der Waals surface area contributed by atoms with E-state index in [0.717, 1.165) is 31.0 Å². The second-order valence-corrected chi connectivity index (χ2v) is 5.39. The molecule has 6 heteroatoms. The van der Waals surface area contributed by atoms with Gasteiger partial charge in [0.15, 0.2) is 6.29 Å². The second-order valence-electron chi connectivity index (χ2n) is 5.39. The molecule has 1 atom stereocenters. The van der Waals surface area contributed by atoms with E-state index in [1.807, 2.05) is 0 Å². The summed E-state index contributed by atoms with van der Waals surface area (Å²) in [5.41, 5.74) is -0.219. The van der Waals surface area contributed by atoms with Gasteiger partial charge in [-0.15, -0.1) is 0 Å². The standard InChI is InChI=1S/C15H17F2NO3/c16-11-3-4-13(17)12(8-11)14(19)18-5-1-2-10(9-18)15-20-6-7-21-15/h3-4,8,10,15H,1-2,5-7,9H2. The second kappa shape index (κ2) is 6.07. The summed E-state index contributed by atoms with van der Waals surface area (Å²) in [6.45, 7) is 2.11. The Kier molecular flexibility index (Phi) is 4.17. The molecule has 3 rings (SSSR count). The van der Waals surface area contributed by atoms with Crippen molar-refractivity contribution in [3.8, 4) is 0 Å². The van der Waals surface area contributed by atoms with Crippen molar-refractivity contribution in [2.75, 3.05) is 26.3 Å². The fraction of sp³-hybridized carbons (Fsp3) is 0.533. The van der Waals surface area contributed by atoms with Crippen LogP contribution in [0.1, 0.15) is 23.2 Å². The van der Waals surface area contributed by atoms with Crippen LogP contribution in [0.25, 0.3) is 0 Å². The Morgan fingerprint density at radius 3 is 2.76 bits per heavy atom. The quantitative estimate of drug-likeness (QED) is 0.840. The van der Waals surface area contributed by atoms with Crippen LogP contribution in [0.15, 0.2) is 18.2 Å². The van der Waals surface area contributed by atoms with Crippen LogP contribution in [0.4, 0.5) is 8.78 Å². The Hall–Kier alpha value is -1.53.